The maximum absolute atomic E-state index is 12.8. The number of hydrogen-bond acceptors (Lipinski definition) is 5. The van der Waals surface area contributed by atoms with Crippen molar-refractivity contribution in [3.05, 3.63) is 65.2 Å². The van der Waals surface area contributed by atoms with Gasteiger partial charge in [0.05, 0.1) is 19.7 Å². The molecule has 7 nitrogen and oxygen atoms in total. The fourth-order valence-corrected chi connectivity index (χ4v) is 4.04. The van der Waals surface area contributed by atoms with Gasteiger partial charge in [-0.1, -0.05) is 48.5 Å². The van der Waals surface area contributed by atoms with Crippen molar-refractivity contribution < 1.29 is 14.7 Å². The first-order valence-electron chi connectivity index (χ1n) is 11.2. The van der Waals surface area contributed by atoms with E-state index >= 15 is 0 Å². The zero-order chi connectivity index (χ0) is 22.9. The molecule has 2 amide bonds. The highest BCUT2D eigenvalue weighted by Crippen LogP contribution is 2.19. The lowest BCUT2D eigenvalue weighted by molar-refractivity contribution is -0.134. The van der Waals surface area contributed by atoms with Crippen molar-refractivity contribution >= 4 is 17.5 Å². The highest BCUT2D eigenvalue weighted by Gasteiger charge is 2.24. The molecule has 2 aromatic carbocycles. The smallest absolute Gasteiger partial charge is 0.238 e. The van der Waals surface area contributed by atoms with Crippen molar-refractivity contribution in [1.29, 1.82) is 0 Å². The zero-order valence-corrected chi connectivity index (χ0v) is 19.1. The minimum absolute atomic E-state index is 0.0172. The number of aryl methyl sites for hydroxylation is 2. The molecule has 0 saturated carbocycles. The van der Waals surface area contributed by atoms with Gasteiger partial charge in [-0.3, -0.25) is 19.4 Å². The summed E-state index contributed by atoms with van der Waals surface area (Å²) < 4.78 is 0. The van der Waals surface area contributed by atoms with Crippen LogP contribution in [0.1, 0.15) is 16.7 Å². The molecular formula is C25H34N4O3. The van der Waals surface area contributed by atoms with E-state index in [1.165, 1.54) is 0 Å². The summed E-state index contributed by atoms with van der Waals surface area (Å²) in [5.41, 5.74) is 4.11. The van der Waals surface area contributed by atoms with Crippen molar-refractivity contribution in [3.63, 3.8) is 0 Å². The Labute approximate surface area is 190 Å². The van der Waals surface area contributed by atoms with Gasteiger partial charge >= 0.3 is 0 Å². The Morgan fingerprint density at radius 3 is 2.25 bits per heavy atom. The first kappa shape index (κ1) is 23.9. The number of carbonyl (C=O) groups excluding carboxylic acids is 2. The number of para-hydroxylation sites is 1. The summed E-state index contributed by atoms with van der Waals surface area (Å²) in [6.45, 7) is 8.24. The van der Waals surface area contributed by atoms with Gasteiger partial charge in [-0.15, -0.1) is 0 Å². The quantitative estimate of drug-likeness (QED) is 0.625. The van der Waals surface area contributed by atoms with Crippen LogP contribution < -0.4 is 5.32 Å². The predicted octanol–water partition coefficient (Wildman–Crippen LogP) is 1.88. The molecule has 0 spiro atoms. The van der Waals surface area contributed by atoms with Crippen LogP contribution in [-0.2, 0) is 16.1 Å². The SMILES string of the molecule is Cc1cccc(C)c1NC(=O)CN1CCN(C(=O)CN(CCO)Cc2ccccc2)CC1. The zero-order valence-electron chi connectivity index (χ0n) is 19.1. The first-order chi connectivity index (χ1) is 15.5. The van der Waals surface area contributed by atoms with Crippen molar-refractivity contribution in [2.24, 2.45) is 0 Å². The average Bonchev–Trinajstić information content (AvgIpc) is 2.78. The van der Waals surface area contributed by atoms with Gasteiger partial charge in [-0.2, -0.15) is 0 Å². The minimum atomic E-state index is -0.0286. The van der Waals surface area contributed by atoms with Gasteiger partial charge in [0.25, 0.3) is 0 Å². The molecule has 172 valence electrons. The molecular weight excluding hydrogens is 404 g/mol. The highest BCUT2D eigenvalue weighted by atomic mass is 16.3. The Kier molecular flexibility index (Phi) is 8.79. The first-order valence-corrected chi connectivity index (χ1v) is 11.2. The molecule has 32 heavy (non-hydrogen) atoms. The number of carbonyl (C=O) groups is 2. The Balaban J connectivity index is 1.45. The van der Waals surface area contributed by atoms with Gasteiger partial charge < -0.3 is 15.3 Å². The topological polar surface area (TPSA) is 76.1 Å². The molecule has 1 heterocycles. The van der Waals surface area contributed by atoms with Gasteiger partial charge in [0, 0.05) is 45.0 Å². The van der Waals surface area contributed by atoms with Gasteiger partial charge in [-0.25, -0.2) is 0 Å². The molecule has 7 heteroatoms. The number of nitrogens with one attached hydrogen (secondary N) is 1. The second-order valence-corrected chi connectivity index (χ2v) is 8.39. The summed E-state index contributed by atoms with van der Waals surface area (Å²) in [6.07, 6.45) is 0. The molecule has 1 aliphatic rings. The van der Waals surface area contributed by atoms with Crippen LogP contribution in [0.2, 0.25) is 0 Å². The third-order valence-corrected chi connectivity index (χ3v) is 5.86. The van der Waals surface area contributed by atoms with Gasteiger partial charge in [0.15, 0.2) is 0 Å². The summed E-state index contributed by atoms with van der Waals surface area (Å²) in [5.74, 6) is 0.0353. The predicted molar refractivity (Wildman–Crippen MR) is 126 cm³/mol. The van der Waals surface area contributed by atoms with Crippen molar-refractivity contribution in [2.75, 3.05) is 57.7 Å². The number of amides is 2. The minimum Gasteiger partial charge on any atom is -0.395 e. The molecule has 1 saturated heterocycles. The third kappa shape index (κ3) is 6.88. The van der Waals surface area contributed by atoms with Crippen molar-refractivity contribution in [2.45, 2.75) is 20.4 Å². The molecule has 1 aliphatic heterocycles. The molecule has 0 atom stereocenters. The molecule has 2 aromatic rings. The Hall–Kier alpha value is -2.74. The van der Waals surface area contributed by atoms with Crippen LogP contribution in [0.5, 0.6) is 0 Å². The number of aliphatic hydroxyl groups is 1. The highest BCUT2D eigenvalue weighted by molar-refractivity contribution is 5.93. The summed E-state index contributed by atoms with van der Waals surface area (Å²) in [5, 5.41) is 12.4. The Morgan fingerprint density at radius 2 is 1.62 bits per heavy atom. The van der Waals surface area contributed by atoms with E-state index < -0.39 is 0 Å². The van der Waals surface area contributed by atoms with E-state index in [0.717, 1.165) is 22.4 Å². The number of benzene rings is 2. The second-order valence-electron chi connectivity index (χ2n) is 8.39. The van der Waals surface area contributed by atoms with Gasteiger partial charge in [0.2, 0.25) is 11.8 Å². The number of anilines is 1. The van der Waals surface area contributed by atoms with Crippen LogP contribution in [-0.4, -0.2) is 84.0 Å². The lowest BCUT2D eigenvalue weighted by Crippen LogP contribution is -2.52. The molecule has 0 aromatic heterocycles. The van der Waals surface area contributed by atoms with E-state index in [-0.39, 0.29) is 25.0 Å². The largest absolute Gasteiger partial charge is 0.395 e. The van der Waals surface area contributed by atoms with E-state index in [1.807, 2.05) is 72.2 Å². The maximum Gasteiger partial charge on any atom is 0.238 e. The number of hydrogen-bond donors (Lipinski definition) is 2. The summed E-state index contributed by atoms with van der Waals surface area (Å²) >= 11 is 0. The fourth-order valence-electron chi connectivity index (χ4n) is 4.04. The maximum atomic E-state index is 12.8. The molecule has 0 aliphatic carbocycles. The van der Waals surface area contributed by atoms with E-state index in [0.29, 0.717) is 45.8 Å². The molecule has 0 bridgehead atoms. The average molecular weight is 439 g/mol. The third-order valence-electron chi connectivity index (χ3n) is 5.86. The van der Waals surface area contributed by atoms with E-state index in [1.54, 1.807) is 0 Å². The molecule has 0 radical (unpaired) electrons. The molecule has 2 N–H and O–H groups in total. The fraction of sp³-hybridized carbons (Fsp3) is 0.440. The van der Waals surface area contributed by atoms with Crippen LogP contribution in [0.25, 0.3) is 0 Å². The van der Waals surface area contributed by atoms with Crippen LogP contribution >= 0.6 is 0 Å². The van der Waals surface area contributed by atoms with Crippen LogP contribution in [0.4, 0.5) is 5.69 Å². The standard InChI is InChI=1S/C25H34N4O3/c1-20-7-6-8-21(2)25(20)26-23(31)18-27-11-13-29(14-12-27)24(32)19-28(15-16-30)17-22-9-4-3-5-10-22/h3-10,30H,11-19H2,1-2H3,(H,26,31). The molecule has 0 unspecified atom stereocenters. The van der Waals surface area contributed by atoms with E-state index in [2.05, 4.69) is 10.2 Å². The normalized spacial score (nSPS) is 14.6. The van der Waals surface area contributed by atoms with Crippen LogP contribution in [0.15, 0.2) is 48.5 Å². The summed E-state index contributed by atoms with van der Waals surface area (Å²) in [6, 6.07) is 15.9. The summed E-state index contributed by atoms with van der Waals surface area (Å²) in [4.78, 5) is 31.3. The van der Waals surface area contributed by atoms with E-state index in [9.17, 15) is 14.7 Å². The Morgan fingerprint density at radius 1 is 0.969 bits per heavy atom. The van der Waals surface area contributed by atoms with Gasteiger partial charge in [-0.05, 0) is 30.5 Å². The van der Waals surface area contributed by atoms with Crippen molar-refractivity contribution in [1.82, 2.24) is 14.7 Å². The van der Waals surface area contributed by atoms with Crippen LogP contribution in [0, 0.1) is 13.8 Å². The number of rotatable bonds is 9. The lowest BCUT2D eigenvalue weighted by Gasteiger charge is -2.35. The summed E-state index contributed by atoms with van der Waals surface area (Å²) in [7, 11) is 0. The number of nitrogens with zero attached hydrogens (tertiary/aromatic N) is 3. The molecule has 3 rings (SSSR count). The molecule has 1 fully saturated rings. The van der Waals surface area contributed by atoms with Crippen molar-refractivity contribution in [3.8, 4) is 0 Å². The lowest BCUT2D eigenvalue weighted by atomic mass is 10.1. The number of aliphatic hydroxyl groups excluding tert-OH is 1. The van der Waals surface area contributed by atoms with Gasteiger partial charge in [0.1, 0.15) is 0 Å². The monoisotopic (exact) mass is 438 g/mol. The van der Waals surface area contributed by atoms with Crippen LogP contribution in [0.3, 0.4) is 0 Å². The second kappa shape index (κ2) is 11.8. The number of piperazine rings is 1. The van der Waals surface area contributed by atoms with E-state index in [4.69, 9.17) is 0 Å². The Bertz CT molecular complexity index is 875.